The second-order valence-corrected chi connectivity index (χ2v) is 7.65. The number of halogens is 2. The van der Waals surface area contributed by atoms with Gasteiger partial charge in [0.2, 0.25) is 11.8 Å². The third kappa shape index (κ3) is 11.7. The van der Waals surface area contributed by atoms with Gasteiger partial charge >= 0.3 is 0 Å². The van der Waals surface area contributed by atoms with Crippen LogP contribution in [0.25, 0.3) is 0 Å². The number of methoxy groups -OCH3 is 2. The second kappa shape index (κ2) is 16.0. The van der Waals surface area contributed by atoms with Crippen LogP contribution in [0.5, 0.6) is 11.5 Å². The van der Waals surface area contributed by atoms with Crippen LogP contribution in [-0.2, 0) is 9.59 Å². The summed E-state index contributed by atoms with van der Waals surface area (Å²) in [7, 11) is 6.74. The largest absolute Gasteiger partial charge is 0.496 e. The summed E-state index contributed by atoms with van der Waals surface area (Å²) < 4.78 is 10.3. The Morgan fingerprint density at radius 1 is 0.818 bits per heavy atom. The molecule has 0 aliphatic rings. The van der Waals surface area contributed by atoms with Gasteiger partial charge in [-0.1, -0.05) is 47.6 Å². The van der Waals surface area contributed by atoms with Gasteiger partial charge in [0.05, 0.1) is 25.3 Å². The van der Waals surface area contributed by atoms with E-state index in [-0.39, 0.29) is 6.42 Å². The lowest BCUT2D eigenvalue weighted by atomic mass is 10.2. The molecular formula is C21H26Cl2N4O4S2. The Morgan fingerprint density at radius 2 is 1.15 bits per heavy atom. The summed E-state index contributed by atoms with van der Waals surface area (Å²) in [6, 6.07) is 10.7. The molecule has 0 fully saturated rings. The van der Waals surface area contributed by atoms with Gasteiger partial charge in [-0.05, 0) is 36.4 Å². The molecule has 2 amide bonds. The number of primary amides is 2. The molecule has 8 nitrogen and oxygen atoms in total. The van der Waals surface area contributed by atoms with Crippen molar-refractivity contribution in [2.45, 2.75) is 6.42 Å². The van der Waals surface area contributed by atoms with E-state index in [0.717, 1.165) is 22.6 Å². The Bertz CT molecular complexity index is 913. The minimum atomic E-state index is -0.687. The average molecular weight is 534 g/mol. The first-order valence-corrected chi connectivity index (χ1v) is 10.8. The van der Waals surface area contributed by atoms with Crippen LogP contribution in [0, 0.1) is 0 Å². The Hall–Kier alpha value is -2.66. The molecule has 33 heavy (non-hydrogen) atoms. The first kappa shape index (κ1) is 30.3. The van der Waals surface area contributed by atoms with Crippen LogP contribution in [0.2, 0.25) is 10.0 Å². The highest BCUT2D eigenvalue weighted by Gasteiger charge is 2.08. The number of thiocarbonyl (C=S) groups is 2. The molecule has 0 aromatic heterocycles. The van der Waals surface area contributed by atoms with Crippen molar-refractivity contribution in [3.63, 3.8) is 0 Å². The average Bonchev–Trinajstić information content (AvgIpc) is 2.77. The van der Waals surface area contributed by atoms with Gasteiger partial charge in [0.15, 0.2) is 0 Å². The Labute approximate surface area is 213 Å². The number of rotatable bonds is 6. The van der Waals surface area contributed by atoms with E-state index in [1.807, 2.05) is 0 Å². The lowest BCUT2D eigenvalue weighted by Gasteiger charge is -2.09. The summed E-state index contributed by atoms with van der Waals surface area (Å²) in [6.07, 6.45) is -0.361. The van der Waals surface area contributed by atoms with E-state index in [2.05, 4.69) is 22.1 Å². The van der Waals surface area contributed by atoms with Crippen LogP contribution in [0.15, 0.2) is 36.4 Å². The zero-order valence-electron chi connectivity index (χ0n) is 18.5. The SMILES string of the molecule is CNC(=S)c1cc(Cl)ccc1OC.CNC(=S)c1cc(Cl)ccc1OC.NC(=O)CC(N)=O. The first-order valence-electron chi connectivity index (χ1n) is 9.18. The summed E-state index contributed by atoms with van der Waals surface area (Å²) in [6.45, 7) is 0. The molecule has 0 saturated heterocycles. The fourth-order valence-electron chi connectivity index (χ4n) is 2.16. The molecule has 180 valence electrons. The number of hydrogen-bond acceptors (Lipinski definition) is 6. The summed E-state index contributed by atoms with van der Waals surface area (Å²) in [5, 5.41) is 7.05. The van der Waals surface area contributed by atoms with Gasteiger partial charge in [-0.3, -0.25) is 9.59 Å². The molecule has 12 heteroatoms. The molecule has 0 unspecified atom stereocenters. The van der Waals surface area contributed by atoms with Gasteiger partial charge in [0, 0.05) is 24.1 Å². The summed E-state index contributed by atoms with van der Waals surface area (Å²) >= 11 is 21.8. The minimum Gasteiger partial charge on any atom is -0.496 e. The van der Waals surface area contributed by atoms with Gasteiger partial charge in [-0.25, -0.2) is 0 Å². The molecule has 0 spiro atoms. The number of carbonyl (C=O) groups is 2. The minimum absolute atomic E-state index is 0.361. The lowest BCUT2D eigenvalue weighted by molar-refractivity contribution is -0.125. The van der Waals surface area contributed by atoms with Crippen LogP contribution < -0.4 is 31.6 Å². The smallest absolute Gasteiger partial charge is 0.226 e. The normalized spacial score (nSPS) is 9.15. The molecule has 0 aliphatic heterocycles. The third-order valence-electron chi connectivity index (χ3n) is 3.61. The fourth-order valence-corrected chi connectivity index (χ4v) is 2.82. The molecule has 0 saturated carbocycles. The van der Waals surface area contributed by atoms with Crippen molar-refractivity contribution >= 4 is 69.4 Å². The molecule has 0 aliphatic carbocycles. The highest BCUT2D eigenvalue weighted by Crippen LogP contribution is 2.23. The van der Waals surface area contributed by atoms with Crippen molar-refractivity contribution in [3.8, 4) is 11.5 Å². The van der Waals surface area contributed by atoms with Crippen LogP contribution >= 0.6 is 47.6 Å². The monoisotopic (exact) mass is 532 g/mol. The van der Waals surface area contributed by atoms with Crippen LogP contribution in [-0.4, -0.2) is 50.1 Å². The molecule has 0 bridgehead atoms. The molecule has 6 N–H and O–H groups in total. The summed E-state index contributed by atoms with van der Waals surface area (Å²) in [5.41, 5.74) is 10.7. The predicted molar refractivity (Wildman–Crippen MR) is 141 cm³/mol. The molecular weight excluding hydrogens is 507 g/mol. The van der Waals surface area contributed by atoms with Gasteiger partial charge in [0.25, 0.3) is 0 Å². The first-order chi connectivity index (χ1) is 15.5. The van der Waals surface area contributed by atoms with Crippen LogP contribution in [0.3, 0.4) is 0 Å². The highest BCUT2D eigenvalue weighted by atomic mass is 35.5. The maximum atomic E-state index is 9.73. The number of ether oxygens (including phenoxy) is 2. The topological polar surface area (TPSA) is 129 Å². The quantitative estimate of drug-likeness (QED) is 0.330. The summed E-state index contributed by atoms with van der Waals surface area (Å²) in [5.74, 6) is 0.0764. The number of carbonyl (C=O) groups excluding carboxylic acids is 2. The van der Waals surface area contributed by atoms with Gasteiger partial charge in [-0.15, -0.1) is 0 Å². The van der Waals surface area contributed by atoms with Gasteiger partial charge in [-0.2, -0.15) is 0 Å². The molecule has 0 atom stereocenters. The van der Waals surface area contributed by atoms with E-state index in [4.69, 9.17) is 57.1 Å². The van der Waals surface area contributed by atoms with E-state index < -0.39 is 11.8 Å². The van der Waals surface area contributed by atoms with Gasteiger partial charge in [0.1, 0.15) is 27.9 Å². The van der Waals surface area contributed by atoms with Crippen molar-refractivity contribution < 1.29 is 19.1 Å². The lowest BCUT2D eigenvalue weighted by Crippen LogP contribution is -2.21. The Balaban J connectivity index is 0.000000490. The Kier molecular flexibility index (Phi) is 14.7. The van der Waals surface area contributed by atoms with E-state index in [1.165, 1.54) is 0 Å². The second-order valence-electron chi connectivity index (χ2n) is 5.96. The maximum Gasteiger partial charge on any atom is 0.226 e. The van der Waals surface area contributed by atoms with E-state index in [9.17, 15) is 9.59 Å². The number of amides is 2. The summed E-state index contributed by atoms with van der Waals surface area (Å²) in [4.78, 5) is 20.7. The molecule has 0 heterocycles. The number of hydrogen-bond donors (Lipinski definition) is 4. The van der Waals surface area contributed by atoms with Crippen molar-refractivity contribution in [1.82, 2.24) is 10.6 Å². The standard InChI is InChI=1S/2C9H10ClNOS.C3H6N2O2/c2*1-11-9(13)7-5-6(10)3-4-8(7)12-2;4-2(6)1-3(5)7/h2*3-5H,1-2H3,(H,11,13);1H2,(H2,4,6)(H2,5,7). The van der Waals surface area contributed by atoms with Gasteiger partial charge < -0.3 is 31.6 Å². The highest BCUT2D eigenvalue weighted by molar-refractivity contribution is 7.81. The Morgan fingerprint density at radius 3 is 1.36 bits per heavy atom. The van der Waals surface area contributed by atoms with Crippen molar-refractivity contribution in [2.75, 3.05) is 28.3 Å². The molecule has 0 radical (unpaired) electrons. The zero-order valence-corrected chi connectivity index (χ0v) is 21.7. The molecule has 2 rings (SSSR count). The third-order valence-corrected chi connectivity index (χ3v) is 4.93. The maximum absolute atomic E-state index is 9.73. The predicted octanol–water partition coefficient (Wildman–Crippen LogP) is 2.83. The van der Waals surface area contributed by atoms with E-state index in [1.54, 1.807) is 64.7 Å². The van der Waals surface area contributed by atoms with E-state index in [0.29, 0.717) is 20.0 Å². The number of benzene rings is 2. The molecule has 2 aromatic rings. The van der Waals surface area contributed by atoms with Crippen LogP contribution in [0.4, 0.5) is 0 Å². The zero-order chi connectivity index (χ0) is 25.6. The van der Waals surface area contributed by atoms with Crippen molar-refractivity contribution in [2.24, 2.45) is 11.5 Å². The van der Waals surface area contributed by atoms with Crippen molar-refractivity contribution in [3.05, 3.63) is 57.6 Å². The van der Waals surface area contributed by atoms with Crippen molar-refractivity contribution in [1.29, 1.82) is 0 Å². The number of nitrogens with two attached hydrogens (primary N) is 2. The fraction of sp³-hybridized carbons (Fsp3) is 0.238. The van der Waals surface area contributed by atoms with Crippen LogP contribution in [0.1, 0.15) is 17.5 Å². The molecule has 2 aromatic carbocycles. The van der Waals surface area contributed by atoms with E-state index >= 15 is 0 Å². The number of nitrogens with one attached hydrogen (secondary N) is 2.